The van der Waals surface area contributed by atoms with Crippen LogP contribution in [-0.4, -0.2) is 16.4 Å². The lowest BCUT2D eigenvalue weighted by Crippen LogP contribution is -2.30. The fraction of sp³-hybridized carbons (Fsp3) is 0.154. The molecule has 6 heteroatoms. The van der Waals surface area contributed by atoms with Gasteiger partial charge < -0.3 is 5.21 Å². The van der Waals surface area contributed by atoms with Crippen LogP contribution < -0.4 is 0 Å². The average Bonchev–Trinajstić information content (AvgIpc) is 2.42. The van der Waals surface area contributed by atoms with Crippen LogP contribution in [0.5, 0.6) is 0 Å². The smallest absolute Gasteiger partial charge is 0.186 e. The van der Waals surface area contributed by atoms with Crippen LogP contribution in [0.2, 0.25) is 0 Å². The lowest BCUT2D eigenvalue weighted by atomic mass is 9.96. The second kappa shape index (κ2) is 5.99. The van der Waals surface area contributed by atoms with E-state index in [2.05, 4.69) is 15.4 Å². The van der Waals surface area contributed by atoms with Gasteiger partial charge in [0.1, 0.15) is 0 Å². The summed E-state index contributed by atoms with van der Waals surface area (Å²) in [5.74, 6) is -0.557. The highest BCUT2D eigenvalue weighted by Crippen LogP contribution is 2.38. The van der Waals surface area contributed by atoms with Gasteiger partial charge in [-0.2, -0.15) is 10.2 Å². The Labute approximate surface area is 120 Å². The van der Waals surface area contributed by atoms with Crippen molar-refractivity contribution in [3.05, 3.63) is 53.6 Å². The first-order valence-corrected chi connectivity index (χ1v) is 6.30. The number of hydrogen-bond acceptors (Lipinski definition) is 4. The van der Waals surface area contributed by atoms with Crippen molar-refractivity contribution in [1.29, 1.82) is 0 Å². The van der Waals surface area contributed by atoms with Crippen LogP contribution in [0.15, 0.2) is 69.0 Å². The number of alkyl halides is 1. The van der Waals surface area contributed by atoms with E-state index in [-0.39, 0.29) is 0 Å². The van der Waals surface area contributed by atoms with Crippen molar-refractivity contribution in [2.45, 2.75) is 5.00 Å². The molecule has 19 heavy (non-hydrogen) atoms. The van der Waals surface area contributed by atoms with Crippen molar-refractivity contribution in [2.75, 3.05) is 0 Å². The Morgan fingerprint density at radius 3 is 2.68 bits per heavy atom. The molecule has 0 fully saturated rings. The lowest BCUT2D eigenvalue weighted by Gasteiger charge is -2.26. The summed E-state index contributed by atoms with van der Waals surface area (Å²) in [6.07, 6.45) is 6.26. The summed E-state index contributed by atoms with van der Waals surface area (Å²) in [6.45, 7) is 0. The highest BCUT2D eigenvalue weighted by atomic mass is 35.5. The minimum absolute atomic E-state index is 0.433. The molecule has 1 aromatic carbocycles. The fourth-order valence-electron chi connectivity index (χ4n) is 1.64. The molecule has 0 bridgehead atoms. The number of hydrogen-bond donors (Lipinski definition) is 1. The van der Waals surface area contributed by atoms with Crippen molar-refractivity contribution in [1.82, 2.24) is 0 Å². The molecule has 98 valence electrons. The highest BCUT2D eigenvalue weighted by molar-refractivity contribution is 6.34. The van der Waals surface area contributed by atoms with Crippen LogP contribution >= 0.6 is 23.2 Å². The summed E-state index contributed by atoms with van der Waals surface area (Å²) in [7, 11) is 0. The van der Waals surface area contributed by atoms with Gasteiger partial charge in [0.05, 0.1) is 17.8 Å². The zero-order valence-electron chi connectivity index (χ0n) is 9.82. The largest absolute Gasteiger partial charge is 0.411 e. The van der Waals surface area contributed by atoms with Crippen molar-refractivity contribution in [3.8, 4) is 0 Å². The Hall–Kier alpha value is -1.65. The van der Waals surface area contributed by atoms with Gasteiger partial charge in [-0.05, 0) is 24.3 Å². The predicted octanol–water partition coefficient (Wildman–Crippen LogP) is 4.47. The monoisotopic (exact) mass is 295 g/mol. The molecule has 1 aromatic rings. The summed E-state index contributed by atoms with van der Waals surface area (Å²) in [5, 5.41) is 20.3. The zero-order chi connectivity index (χ0) is 13.7. The van der Waals surface area contributed by atoms with Gasteiger partial charge in [-0.3, -0.25) is 0 Å². The van der Waals surface area contributed by atoms with Crippen molar-refractivity contribution < 1.29 is 5.21 Å². The zero-order valence-corrected chi connectivity index (χ0v) is 11.3. The van der Waals surface area contributed by atoms with Gasteiger partial charge in [0.2, 0.25) is 0 Å². The Morgan fingerprint density at radius 1 is 1.26 bits per heavy atom. The molecule has 2 unspecified atom stereocenters. The standard InChI is InChI=1S/C13H11Cl2N3O/c14-12-7-4-8-13(15,11(12)9-16-19)18-17-10-5-2-1-3-6-10/h1-9,11,19H/b16-9-,18-17?. The molecule has 2 atom stereocenters. The van der Waals surface area contributed by atoms with E-state index < -0.39 is 10.9 Å². The summed E-state index contributed by atoms with van der Waals surface area (Å²) in [6, 6.07) is 9.21. The average molecular weight is 296 g/mol. The van der Waals surface area contributed by atoms with E-state index in [1.807, 2.05) is 30.3 Å². The second-order valence-electron chi connectivity index (χ2n) is 3.92. The Morgan fingerprint density at radius 2 is 2.00 bits per heavy atom. The molecule has 0 amide bonds. The Balaban J connectivity index is 2.28. The third kappa shape index (κ3) is 3.22. The van der Waals surface area contributed by atoms with Gasteiger partial charge in [-0.25, -0.2) is 0 Å². The third-order valence-electron chi connectivity index (χ3n) is 2.61. The summed E-state index contributed by atoms with van der Waals surface area (Å²) >= 11 is 12.4. The first kappa shape index (κ1) is 13.8. The fourth-order valence-corrected chi connectivity index (χ4v) is 2.28. The molecule has 0 radical (unpaired) electrons. The number of rotatable bonds is 3. The Kier molecular flexibility index (Phi) is 4.35. The van der Waals surface area contributed by atoms with Gasteiger partial charge in [0.15, 0.2) is 5.00 Å². The lowest BCUT2D eigenvalue weighted by molar-refractivity contribution is 0.318. The topological polar surface area (TPSA) is 57.3 Å². The van der Waals surface area contributed by atoms with Gasteiger partial charge in [0, 0.05) is 5.03 Å². The van der Waals surface area contributed by atoms with Gasteiger partial charge in [-0.1, -0.05) is 47.5 Å². The van der Waals surface area contributed by atoms with E-state index in [0.717, 1.165) is 0 Å². The molecule has 4 nitrogen and oxygen atoms in total. The molecule has 0 aromatic heterocycles. The molecule has 1 aliphatic carbocycles. The number of benzene rings is 1. The van der Waals surface area contributed by atoms with Crippen LogP contribution in [0.4, 0.5) is 5.69 Å². The van der Waals surface area contributed by atoms with Crippen LogP contribution in [0.1, 0.15) is 0 Å². The molecule has 0 heterocycles. The van der Waals surface area contributed by atoms with Crippen LogP contribution in [0, 0.1) is 5.92 Å². The van der Waals surface area contributed by atoms with Crippen LogP contribution in [-0.2, 0) is 0 Å². The maximum Gasteiger partial charge on any atom is 0.186 e. The van der Waals surface area contributed by atoms with E-state index in [1.54, 1.807) is 18.2 Å². The molecule has 0 saturated heterocycles. The molecule has 1 N–H and O–H groups in total. The molecule has 0 spiro atoms. The first-order chi connectivity index (χ1) is 9.15. The van der Waals surface area contributed by atoms with E-state index in [0.29, 0.717) is 10.7 Å². The number of oxime groups is 1. The van der Waals surface area contributed by atoms with Crippen molar-refractivity contribution in [3.63, 3.8) is 0 Å². The minimum atomic E-state index is -1.19. The SMILES string of the molecule is O/N=C\C1C(Cl)=CC=CC1(Cl)N=Nc1ccccc1. The quantitative estimate of drug-likeness (QED) is 0.219. The summed E-state index contributed by atoms with van der Waals surface area (Å²) < 4.78 is 0. The third-order valence-corrected chi connectivity index (χ3v) is 3.41. The van der Waals surface area contributed by atoms with Crippen LogP contribution in [0.3, 0.4) is 0 Å². The van der Waals surface area contributed by atoms with Gasteiger partial charge >= 0.3 is 0 Å². The normalized spacial score (nSPS) is 27.1. The molecular weight excluding hydrogens is 285 g/mol. The predicted molar refractivity (Wildman–Crippen MR) is 76.4 cm³/mol. The van der Waals surface area contributed by atoms with Crippen LogP contribution in [0.25, 0.3) is 0 Å². The highest BCUT2D eigenvalue weighted by Gasteiger charge is 2.38. The second-order valence-corrected chi connectivity index (χ2v) is 4.96. The number of allylic oxidation sites excluding steroid dienone is 2. The van der Waals surface area contributed by atoms with Gasteiger partial charge in [0.25, 0.3) is 0 Å². The molecule has 0 aliphatic heterocycles. The number of nitrogens with zero attached hydrogens (tertiary/aromatic N) is 3. The first-order valence-electron chi connectivity index (χ1n) is 5.55. The molecular formula is C13H11Cl2N3O. The molecule has 2 rings (SSSR count). The van der Waals surface area contributed by atoms with Gasteiger partial charge in [-0.15, -0.1) is 5.16 Å². The Bertz CT molecular complexity index is 554. The van der Waals surface area contributed by atoms with E-state index in [9.17, 15) is 0 Å². The maximum atomic E-state index is 8.68. The minimum Gasteiger partial charge on any atom is -0.411 e. The van der Waals surface area contributed by atoms with E-state index in [4.69, 9.17) is 28.4 Å². The molecule has 0 saturated carbocycles. The van der Waals surface area contributed by atoms with E-state index >= 15 is 0 Å². The molecule has 1 aliphatic rings. The van der Waals surface area contributed by atoms with E-state index in [1.165, 1.54) is 6.21 Å². The summed E-state index contributed by atoms with van der Waals surface area (Å²) in [4.78, 5) is -1.19. The number of halogens is 2. The van der Waals surface area contributed by atoms with Crippen molar-refractivity contribution >= 4 is 35.1 Å². The number of azo groups is 1. The van der Waals surface area contributed by atoms with Crippen molar-refractivity contribution in [2.24, 2.45) is 21.3 Å². The summed E-state index contributed by atoms with van der Waals surface area (Å²) in [5.41, 5.74) is 0.682. The maximum absolute atomic E-state index is 8.68.